The Balaban J connectivity index is 0.00000261. The van der Waals surface area contributed by atoms with Crippen LogP contribution in [0.25, 0.3) is 0 Å². The Kier molecular flexibility index (Phi) is 9.29. The Morgan fingerprint density at radius 1 is 1.07 bits per heavy atom. The summed E-state index contributed by atoms with van der Waals surface area (Å²) in [4.78, 5) is 18.5. The number of likely N-dealkylation sites (tertiary alicyclic amines) is 1. The van der Waals surface area contributed by atoms with Gasteiger partial charge in [-0.25, -0.2) is 4.99 Å². The van der Waals surface area contributed by atoms with Gasteiger partial charge in [-0.2, -0.15) is 0 Å². The van der Waals surface area contributed by atoms with Crippen LogP contribution in [-0.4, -0.2) is 64.3 Å². The summed E-state index contributed by atoms with van der Waals surface area (Å²) in [6.07, 6.45) is 7.73. The number of aliphatic imine (C=N–C) groups is 1. The fourth-order valence-corrected chi connectivity index (χ4v) is 3.58. The van der Waals surface area contributed by atoms with E-state index in [1.54, 1.807) is 0 Å². The van der Waals surface area contributed by atoms with Crippen LogP contribution in [0.15, 0.2) is 4.99 Å². The molecule has 0 spiro atoms. The second-order valence-corrected chi connectivity index (χ2v) is 6.95. The van der Waals surface area contributed by atoms with Gasteiger partial charge >= 0.3 is 0 Å². The number of halogens is 1. The number of guanidine groups is 1. The van der Waals surface area contributed by atoms with Crippen molar-refractivity contribution in [2.45, 2.75) is 58.4 Å². The highest BCUT2D eigenvalue weighted by atomic mass is 127. The summed E-state index contributed by atoms with van der Waals surface area (Å²) in [6, 6.07) is 0. The molecule has 0 atom stereocenters. The smallest absolute Gasteiger partial charge is 0.244 e. The molecule has 27 heavy (non-hydrogen) atoms. The summed E-state index contributed by atoms with van der Waals surface area (Å²) in [5.41, 5.74) is 0. The van der Waals surface area contributed by atoms with E-state index >= 15 is 0 Å². The molecule has 0 bridgehead atoms. The second kappa shape index (κ2) is 11.5. The first-order chi connectivity index (χ1) is 12.8. The molecule has 0 aromatic carbocycles. The van der Waals surface area contributed by atoms with E-state index < -0.39 is 0 Å². The van der Waals surface area contributed by atoms with Gasteiger partial charge < -0.3 is 20.1 Å². The van der Waals surface area contributed by atoms with Gasteiger partial charge in [-0.1, -0.05) is 6.42 Å². The van der Waals surface area contributed by atoms with E-state index in [0.29, 0.717) is 5.96 Å². The highest BCUT2D eigenvalue weighted by molar-refractivity contribution is 14.0. The Morgan fingerprint density at radius 3 is 2.63 bits per heavy atom. The Labute approximate surface area is 178 Å². The van der Waals surface area contributed by atoms with Crippen molar-refractivity contribution in [2.75, 3.05) is 32.7 Å². The van der Waals surface area contributed by atoms with Crippen LogP contribution in [-0.2, 0) is 24.2 Å². The number of aromatic nitrogens is 3. The van der Waals surface area contributed by atoms with Gasteiger partial charge in [-0.3, -0.25) is 4.79 Å². The zero-order valence-electron chi connectivity index (χ0n) is 16.2. The molecule has 1 aromatic heterocycles. The third kappa shape index (κ3) is 6.32. The molecule has 1 saturated heterocycles. The molecule has 152 valence electrons. The highest BCUT2D eigenvalue weighted by Gasteiger charge is 2.17. The third-order valence-electron chi connectivity index (χ3n) is 5.00. The average Bonchev–Trinajstić information content (AvgIpc) is 3.25. The van der Waals surface area contributed by atoms with Gasteiger partial charge in [-0.05, 0) is 32.6 Å². The van der Waals surface area contributed by atoms with Crippen molar-refractivity contribution in [3.05, 3.63) is 11.6 Å². The number of hydrogen-bond donors (Lipinski definition) is 2. The summed E-state index contributed by atoms with van der Waals surface area (Å²) in [5.74, 6) is 2.96. The van der Waals surface area contributed by atoms with Gasteiger partial charge in [0.1, 0.15) is 18.2 Å². The minimum Gasteiger partial charge on any atom is -0.357 e. The van der Waals surface area contributed by atoms with E-state index in [2.05, 4.69) is 30.4 Å². The molecule has 1 amide bonds. The fraction of sp³-hybridized carbons (Fsp3) is 0.778. The van der Waals surface area contributed by atoms with Gasteiger partial charge in [0, 0.05) is 45.6 Å². The maximum absolute atomic E-state index is 12.1. The van der Waals surface area contributed by atoms with Crippen LogP contribution in [0.3, 0.4) is 0 Å². The van der Waals surface area contributed by atoms with E-state index in [1.807, 2.05) is 11.8 Å². The molecule has 8 nitrogen and oxygen atoms in total. The predicted octanol–water partition coefficient (Wildman–Crippen LogP) is 1.34. The first kappa shape index (κ1) is 21.9. The zero-order valence-corrected chi connectivity index (χ0v) is 18.6. The largest absolute Gasteiger partial charge is 0.357 e. The molecule has 0 aliphatic carbocycles. The second-order valence-electron chi connectivity index (χ2n) is 6.95. The van der Waals surface area contributed by atoms with Gasteiger partial charge in [0.2, 0.25) is 5.91 Å². The van der Waals surface area contributed by atoms with Crippen molar-refractivity contribution < 1.29 is 4.79 Å². The standard InChI is InChI=1S/C18H31N7O.HI/c1-2-19-18(21-14-17(26)24-11-6-7-12-24)20-10-9-16-23-22-15-8-4-3-5-13-25(15)16;/h2-14H2,1H3,(H2,19,20,21);1H. The summed E-state index contributed by atoms with van der Waals surface area (Å²) < 4.78 is 2.27. The number of carbonyl (C=O) groups is 1. The zero-order chi connectivity index (χ0) is 18.2. The summed E-state index contributed by atoms with van der Waals surface area (Å²) in [6.45, 7) is 6.49. The SMILES string of the molecule is CCNC(=NCC(=O)N1CCCC1)NCCc1nnc2n1CCCCC2.I. The maximum atomic E-state index is 12.1. The molecule has 2 aliphatic heterocycles. The molecule has 9 heteroatoms. The summed E-state index contributed by atoms with van der Waals surface area (Å²) >= 11 is 0. The molecular formula is C18H32IN7O. The lowest BCUT2D eigenvalue weighted by Gasteiger charge is -2.15. The molecule has 0 unspecified atom stereocenters. The minimum absolute atomic E-state index is 0. The molecular weight excluding hydrogens is 457 g/mol. The normalized spacial score (nSPS) is 17.1. The van der Waals surface area contributed by atoms with Crippen molar-refractivity contribution in [1.29, 1.82) is 0 Å². The predicted molar refractivity (Wildman–Crippen MR) is 116 cm³/mol. The van der Waals surface area contributed by atoms with Crippen molar-refractivity contribution in [3.63, 3.8) is 0 Å². The van der Waals surface area contributed by atoms with Gasteiger partial charge in [0.15, 0.2) is 5.96 Å². The fourth-order valence-electron chi connectivity index (χ4n) is 3.58. The number of hydrogen-bond acceptors (Lipinski definition) is 4. The number of aryl methyl sites for hydroxylation is 1. The van der Waals surface area contributed by atoms with E-state index in [4.69, 9.17) is 0 Å². The highest BCUT2D eigenvalue weighted by Crippen LogP contribution is 2.14. The molecule has 1 fully saturated rings. The van der Waals surface area contributed by atoms with Gasteiger partial charge in [-0.15, -0.1) is 34.2 Å². The molecule has 0 saturated carbocycles. The lowest BCUT2D eigenvalue weighted by molar-refractivity contribution is -0.128. The number of rotatable bonds is 6. The Bertz CT molecular complexity index is 625. The van der Waals surface area contributed by atoms with Crippen molar-refractivity contribution >= 4 is 35.8 Å². The topological polar surface area (TPSA) is 87.4 Å². The molecule has 1 aromatic rings. The Hall–Kier alpha value is -1.39. The molecule has 2 aliphatic rings. The molecule has 3 heterocycles. The van der Waals surface area contributed by atoms with Crippen molar-refractivity contribution in [2.24, 2.45) is 4.99 Å². The number of nitrogens with zero attached hydrogens (tertiary/aromatic N) is 5. The first-order valence-corrected chi connectivity index (χ1v) is 9.99. The monoisotopic (exact) mass is 489 g/mol. The lowest BCUT2D eigenvalue weighted by atomic mass is 10.2. The number of fused-ring (bicyclic) bond motifs is 1. The van der Waals surface area contributed by atoms with Crippen LogP contribution in [0.1, 0.15) is 50.7 Å². The van der Waals surface area contributed by atoms with Crippen molar-refractivity contribution in [1.82, 2.24) is 30.3 Å². The van der Waals surface area contributed by atoms with E-state index in [0.717, 1.165) is 70.1 Å². The number of carbonyl (C=O) groups excluding carboxylic acids is 1. The summed E-state index contributed by atoms with van der Waals surface area (Å²) in [7, 11) is 0. The maximum Gasteiger partial charge on any atom is 0.244 e. The molecule has 2 N–H and O–H groups in total. The quantitative estimate of drug-likeness (QED) is 0.358. The van der Waals surface area contributed by atoms with Gasteiger partial charge in [0.25, 0.3) is 0 Å². The van der Waals surface area contributed by atoms with E-state index in [1.165, 1.54) is 19.3 Å². The van der Waals surface area contributed by atoms with Crippen molar-refractivity contribution in [3.8, 4) is 0 Å². The first-order valence-electron chi connectivity index (χ1n) is 9.99. The van der Waals surface area contributed by atoms with Gasteiger partial charge in [0.05, 0.1) is 0 Å². The van der Waals surface area contributed by atoms with Crippen LogP contribution >= 0.6 is 24.0 Å². The van der Waals surface area contributed by atoms with Crippen LogP contribution in [0.4, 0.5) is 0 Å². The number of nitrogens with one attached hydrogen (secondary N) is 2. The van der Waals surface area contributed by atoms with E-state index in [-0.39, 0.29) is 36.4 Å². The van der Waals surface area contributed by atoms with E-state index in [9.17, 15) is 4.79 Å². The average molecular weight is 489 g/mol. The minimum atomic E-state index is 0. The van der Waals surface area contributed by atoms with Crippen LogP contribution in [0, 0.1) is 0 Å². The van der Waals surface area contributed by atoms with Crippen LogP contribution < -0.4 is 10.6 Å². The third-order valence-corrected chi connectivity index (χ3v) is 5.00. The molecule has 3 rings (SSSR count). The summed E-state index contributed by atoms with van der Waals surface area (Å²) in [5, 5.41) is 15.2. The van der Waals surface area contributed by atoms with Crippen LogP contribution in [0.2, 0.25) is 0 Å². The lowest BCUT2D eigenvalue weighted by Crippen LogP contribution is -2.40. The molecule has 0 radical (unpaired) electrons. The van der Waals surface area contributed by atoms with Crippen LogP contribution in [0.5, 0.6) is 0 Å². The number of amides is 1. The Morgan fingerprint density at radius 2 is 1.85 bits per heavy atom.